The van der Waals surface area contributed by atoms with Gasteiger partial charge in [0.05, 0.1) is 0 Å². The topological polar surface area (TPSA) is 35.5 Å². The maximum absolute atomic E-state index is 11.7. The van der Waals surface area contributed by atoms with Gasteiger partial charge in [-0.3, -0.25) is 0 Å². The van der Waals surface area contributed by atoms with Crippen LogP contribution in [0, 0.1) is 11.8 Å². The molecule has 0 aromatic heterocycles. The first-order valence-electron chi connectivity index (χ1n) is 9.40. The molecule has 0 fully saturated rings. The van der Waals surface area contributed by atoms with Gasteiger partial charge in [0.2, 0.25) is 0 Å². The standard InChI is InChI=1S/C16H34O3P.C2H6/c1-5-9-11-15(7-3)13-18-20(17)19-14-16(8-4)12-10-6-2;1-2/h15-16H,5-14H2,1-4H3;1-2H3/q+1;. The van der Waals surface area contributed by atoms with Crippen molar-refractivity contribution in [3.05, 3.63) is 0 Å². The largest absolute Gasteiger partial charge is 0.697 e. The first-order valence-corrected chi connectivity index (χ1v) is 10.5. The molecule has 3 nitrogen and oxygen atoms in total. The Hall–Kier alpha value is 0.0200. The molecule has 0 saturated carbocycles. The fraction of sp³-hybridized carbons (Fsp3) is 1.00. The fourth-order valence-electron chi connectivity index (χ4n) is 2.17. The van der Waals surface area contributed by atoms with Crippen LogP contribution < -0.4 is 0 Å². The Morgan fingerprint density at radius 2 is 1.14 bits per heavy atom. The fourth-order valence-corrected chi connectivity index (χ4v) is 2.91. The van der Waals surface area contributed by atoms with E-state index in [0.29, 0.717) is 25.0 Å². The van der Waals surface area contributed by atoms with Gasteiger partial charge < -0.3 is 0 Å². The van der Waals surface area contributed by atoms with Gasteiger partial charge in [-0.1, -0.05) is 80.1 Å². The van der Waals surface area contributed by atoms with E-state index in [1.165, 1.54) is 25.7 Å². The lowest BCUT2D eigenvalue weighted by Crippen LogP contribution is -2.08. The van der Waals surface area contributed by atoms with Gasteiger partial charge in [0.1, 0.15) is 13.2 Å². The third kappa shape index (κ3) is 14.9. The summed E-state index contributed by atoms with van der Waals surface area (Å²) in [6.07, 6.45) is 9.31. The molecule has 0 radical (unpaired) electrons. The monoisotopic (exact) mass is 335 g/mol. The summed E-state index contributed by atoms with van der Waals surface area (Å²) in [5.74, 6) is 1.03. The Labute approximate surface area is 140 Å². The summed E-state index contributed by atoms with van der Waals surface area (Å²) in [5, 5.41) is 0. The molecule has 134 valence electrons. The molecule has 0 saturated heterocycles. The Morgan fingerprint density at radius 3 is 1.41 bits per heavy atom. The van der Waals surface area contributed by atoms with Crippen LogP contribution in [0.1, 0.15) is 92.9 Å². The number of hydrogen-bond donors (Lipinski definition) is 0. The van der Waals surface area contributed by atoms with Gasteiger partial charge in [-0.2, -0.15) is 0 Å². The number of hydrogen-bond acceptors (Lipinski definition) is 3. The SMILES string of the molecule is CC.CCCCC(CC)CO[P+](=O)OCC(CC)CCCC. The molecule has 0 bridgehead atoms. The minimum absolute atomic E-state index is 0.513. The quantitative estimate of drug-likeness (QED) is 0.316. The maximum Gasteiger partial charge on any atom is 0.697 e. The Morgan fingerprint density at radius 1 is 0.773 bits per heavy atom. The molecule has 0 heterocycles. The molecule has 0 amide bonds. The molecule has 2 unspecified atom stereocenters. The summed E-state index contributed by atoms with van der Waals surface area (Å²) in [4.78, 5) is 0. The Bertz CT molecular complexity index is 212. The average molecular weight is 335 g/mol. The van der Waals surface area contributed by atoms with E-state index in [4.69, 9.17) is 9.05 Å². The molecular weight excluding hydrogens is 295 g/mol. The van der Waals surface area contributed by atoms with Gasteiger partial charge in [-0.25, -0.2) is 0 Å². The Kier molecular flexibility index (Phi) is 21.0. The minimum Gasteiger partial charge on any atom is -0.119 e. The Balaban J connectivity index is 0. The normalized spacial score (nSPS) is 14.0. The maximum atomic E-state index is 11.7. The van der Waals surface area contributed by atoms with Gasteiger partial charge in [0, 0.05) is 4.57 Å². The third-order valence-corrected chi connectivity index (χ3v) is 4.64. The van der Waals surface area contributed by atoms with Gasteiger partial charge in [0.25, 0.3) is 0 Å². The summed E-state index contributed by atoms with van der Waals surface area (Å²) in [5.41, 5.74) is 0. The van der Waals surface area contributed by atoms with Crippen molar-refractivity contribution in [2.24, 2.45) is 11.8 Å². The molecule has 22 heavy (non-hydrogen) atoms. The van der Waals surface area contributed by atoms with Crippen LogP contribution in [-0.4, -0.2) is 13.2 Å². The van der Waals surface area contributed by atoms with Crippen molar-refractivity contribution in [1.29, 1.82) is 0 Å². The predicted molar refractivity (Wildman–Crippen MR) is 97.5 cm³/mol. The van der Waals surface area contributed by atoms with Crippen molar-refractivity contribution in [2.75, 3.05) is 13.2 Å². The second-order valence-corrected chi connectivity index (χ2v) is 6.61. The first kappa shape index (κ1) is 24.3. The molecule has 0 aromatic rings. The number of unbranched alkanes of at least 4 members (excludes halogenated alkanes) is 2. The van der Waals surface area contributed by atoms with Crippen LogP contribution in [0.2, 0.25) is 0 Å². The van der Waals surface area contributed by atoms with Crippen molar-refractivity contribution < 1.29 is 13.6 Å². The highest BCUT2D eigenvalue weighted by Crippen LogP contribution is 2.28. The van der Waals surface area contributed by atoms with Gasteiger partial charge >= 0.3 is 8.25 Å². The van der Waals surface area contributed by atoms with Gasteiger partial charge in [-0.05, 0) is 24.7 Å². The van der Waals surface area contributed by atoms with E-state index in [9.17, 15) is 4.57 Å². The minimum atomic E-state index is -1.94. The van der Waals surface area contributed by atoms with Crippen molar-refractivity contribution in [1.82, 2.24) is 0 Å². The van der Waals surface area contributed by atoms with E-state index in [0.717, 1.165) is 25.7 Å². The zero-order valence-corrected chi connectivity index (χ0v) is 16.8. The molecule has 0 rings (SSSR count). The van der Waals surface area contributed by atoms with Crippen LogP contribution in [0.3, 0.4) is 0 Å². The van der Waals surface area contributed by atoms with E-state index < -0.39 is 8.25 Å². The van der Waals surface area contributed by atoms with Crippen molar-refractivity contribution in [3.8, 4) is 0 Å². The zero-order chi connectivity index (χ0) is 17.2. The van der Waals surface area contributed by atoms with Crippen molar-refractivity contribution in [3.63, 3.8) is 0 Å². The van der Waals surface area contributed by atoms with Gasteiger partial charge in [0.15, 0.2) is 0 Å². The van der Waals surface area contributed by atoms with Crippen LogP contribution in [0.4, 0.5) is 0 Å². The lowest BCUT2D eigenvalue weighted by molar-refractivity contribution is 0.167. The molecule has 2 atom stereocenters. The molecule has 0 aliphatic carbocycles. The summed E-state index contributed by atoms with van der Waals surface area (Å²) in [6, 6.07) is 0. The van der Waals surface area contributed by atoms with E-state index in [-0.39, 0.29) is 0 Å². The van der Waals surface area contributed by atoms with Gasteiger partial charge in [-0.15, -0.1) is 9.05 Å². The van der Waals surface area contributed by atoms with Crippen LogP contribution >= 0.6 is 8.25 Å². The predicted octanol–water partition coefficient (Wildman–Crippen LogP) is 7.14. The highest BCUT2D eigenvalue weighted by molar-refractivity contribution is 7.33. The van der Waals surface area contributed by atoms with E-state index in [1.807, 2.05) is 13.8 Å². The molecule has 0 aromatic carbocycles. The molecule has 0 N–H and O–H groups in total. The molecule has 4 heteroatoms. The number of rotatable bonds is 14. The molecule has 0 aliphatic heterocycles. The highest BCUT2D eigenvalue weighted by Gasteiger charge is 2.24. The summed E-state index contributed by atoms with van der Waals surface area (Å²) >= 11 is 0. The van der Waals surface area contributed by atoms with Crippen LogP contribution in [0.5, 0.6) is 0 Å². The average Bonchev–Trinajstić information content (AvgIpc) is 2.57. The summed E-state index contributed by atoms with van der Waals surface area (Å²) < 4.78 is 22.5. The first-order chi connectivity index (χ1) is 10.7. The van der Waals surface area contributed by atoms with E-state index in [1.54, 1.807) is 0 Å². The van der Waals surface area contributed by atoms with Crippen molar-refractivity contribution >= 4 is 8.25 Å². The molecule has 0 aliphatic rings. The lowest BCUT2D eigenvalue weighted by atomic mass is 10.0. The van der Waals surface area contributed by atoms with Crippen molar-refractivity contribution in [2.45, 2.75) is 92.9 Å². The van der Waals surface area contributed by atoms with E-state index >= 15 is 0 Å². The summed E-state index contributed by atoms with van der Waals surface area (Å²) in [7, 11) is -1.94. The third-order valence-electron chi connectivity index (χ3n) is 3.92. The lowest BCUT2D eigenvalue weighted by Gasteiger charge is -2.11. The second kappa shape index (κ2) is 19.1. The molecular formula is C18H40O3P+. The molecule has 0 spiro atoms. The summed E-state index contributed by atoms with van der Waals surface area (Å²) in [6.45, 7) is 13.8. The van der Waals surface area contributed by atoms with E-state index in [2.05, 4.69) is 27.7 Å². The van der Waals surface area contributed by atoms with Crippen LogP contribution in [0.25, 0.3) is 0 Å². The highest BCUT2D eigenvalue weighted by atomic mass is 31.1. The second-order valence-electron chi connectivity index (χ2n) is 5.65. The smallest absolute Gasteiger partial charge is 0.119 e. The zero-order valence-electron chi connectivity index (χ0n) is 15.9. The van der Waals surface area contributed by atoms with Crippen LogP contribution in [0.15, 0.2) is 0 Å². The van der Waals surface area contributed by atoms with Crippen LogP contribution in [-0.2, 0) is 13.6 Å².